The molecule has 0 fully saturated rings. The van der Waals surface area contributed by atoms with Crippen LogP contribution in [0.5, 0.6) is 23.0 Å². The Morgan fingerprint density at radius 2 is 1.50 bits per heavy atom. The Kier molecular flexibility index (Phi) is 8.99. The van der Waals surface area contributed by atoms with Gasteiger partial charge >= 0.3 is 6.03 Å². The quantitative estimate of drug-likeness (QED) is 0.424. The molecule has 2 N–H and O–H groups in total. The molecule has 0 spiro atoms. The molecule has 0 atom stereocenters. The van der Waals surface area contributed by atoms with Gasteiger partial charge in [0.25, 0.3) is 0 Å². The van der Waals surface area contributed by atoms with Crippen LogP contribution in [0.15, 0.2) is 60.7 Å². The van der Waals surface area contributed by atoms with E-state index in [1.807, 2.05) is 54.6 Å². The van der Waals surface area contributed by atoms with E-state index in [2.05, 4.69) is 10.6 Å². The predicted molar refractivity (Wildman–Crippen MR) is 130 cm³/mol. The fraction of sp³-hybridized carbons (Fsp3) is 0.269. The largest absolute Gasteiger partial charge is 0.497 e. The third-order valence-corrected chi connectivity index (χ3v) is 5.11. The summed E-state index contributed by atoms with van der Waals surface area (Å²) in [4.78, 5) is 12.5. The van der Waals surface area contributed by atoms with Crippen LogP contribution in [0.1, 0.15) is 16.7 Å². The Morgan fingerprint density at radius 3 is 2.18 bits per heavy atom. The zero-order valence-electron chi connectivity index (χ0n) is 19.8. The number of ether oxygens (including phenoxy) is 5. The molecule has 0 unspecified atom stereocenters. The SMILES string of the molecule is COc1ccc(COCc2cccc(NC(=O)NCc3ccc(OC)c(OC)c3OC)c2)cc1. The average molecular weight is 467 g/mol. The maximum absolute atomic E-state index is 12.5. The van der Waals surface area contributed by atoms with Crippen molar-refractivity contribution in [3.8, 4) is 23.0 Å². The van der Waals surface area contributed by atoms with Crippen molar-refractivity contribution in [2.75, 3.05) is 33.8 Å². The van der Waals surface area contributed by atoms with E-state index in [0.717, 1.165) is 22.4 Å². The summed E-state index contributed by atoms with van der Waals surface area (Å²) in [5, 5.41) is 5.68. The van der Waals surface area contributed by atoms with Gasteiger partial charge in [0, 0.05) is 17.8 Å². The van der Waals surface area contributed by atoms with Crippen molar-refractivity contribution in [3.05, 3.63) is 77.4 Å². The fourth-order valence-electron chi connectivity index (χ4n) is 3.40. The Morgan fingerprint density at radius 1 is 0.765 bits per heavy atom. The van der Waals surface area contributed by atoms with E-state index in [-0.39, 0.29) is 12.6 Å². The first kappa shape index (κ1) is 24.7. The van der Waals surface area contributed by atoms with Crippen LogP contribution < -0.4 is 29.6 Å². The minimum Gasteiger partial charge on any atom is -0.497 e. The molecule has 0 bridgehead atoms. The van der Waals surface area contributed by atoms with Gasteiger partial charge in [-0.2, -0.15) is 0 Å². The Hall–Kier alpha value is -3.91. The van der Waals surface area contributed by atoms with Gasteiger partial charge in [0.15, 0.2) is 11.5 Å². The van der Waals surface area contributed by atoms with Gasteiger partial charge < -0.3 is 34.3 Å². The summed E-state index contributed by atoms with van der Waals surface area (Å²) in [5.41, 5.74) is 3.44. The molecule has 0 radical (unpaired) electrons. The molecule has 3 aromatic rings. The number of amides is 2. The number of carbonyl (C=O) groups is 1. The molecule has 0 heterocycles. The molecule has 2 amide bonds. The molecule has 0 aliphatic rings. The molecule has 8 heteroatoms. The second kappa shape index (κ2) is 12.4. The molecule has 0 saturated carbocycles. The van der Waals surface area contributed by atoms with E-state index in [1.54, 1.807) is 27.4 Å². The third-order valence-electron chi connectivity index (χ3n) is 5.11. The van der Waals surface area contributed by atoms with E-state index in [4.69, 9.17) is 23.7 Å². The van der Waals surface area contributed by atoms with Gasteiger partial charge in [0.1, 0.15) is 5.75 Å². The van der Waals surface area contributed by atoms with Crippen LogP contribution in [0.3, 0.4) is 0 Å². The van der Waals surface area contributed by atoms with Crippen molar-refractivity contribution >= 4 is 11.7 Å². The number of nitrogens with one attached hydrogen (secondary N) is 2. The van der Waals surface area contributed by atoms with E-state index >= 15 is 0 Å². The molecule has 3 rings (SSSR count). The smallest absolute Gasteiger partial charge is 0.319 e. The first-order valence-corrected chi connectivity index (χ1v) is 10.7. The monoisotopic (exact) mass is 466 g/mol. The topological polar surface area (TPSA) is 87.3 Å². The number of urea groups is 1. The molecular formula is C26H30N2O6. The minimum atomic E-state index is -0.340. The zero-order valence-corrected chi connectivity index (χ0v) is 19.8. The number of hydrogen-bond acceptors (Lipinski definition) is 6. The molecule has 0 saturated heterocycles. The highest BCUT2D eigenvalue weighted by Gasteiger charge is 2.16. The number of methoxy groups -OCH3 is 4. The highest BCUT2D eigenvalue weighted by Crippen LogP contribution is 2.39. The average Bonchev–Trinajstić information content (AvgIpc) is 2.87. The second-order valence-electron chi connectivity index (χ2n) is 7.34. The van der Waals surface area contributed by atoms with E-state index in [1.165, 1.54) is 7.11 Å². The van der Waals surface area contributed by atoms with Crippen molar-refractivity contribution in [1.29, 1.82) is 0 Å². The Balaban J connectivity index is 1.53. The first-order valence-electron chi connectivity index (χ1n) is 10.7. The lowest BCUT2D eigenvalue weighted by Gasteiger charge is -2.16. The predicted octanol–water partition coefficient (Wildman–Crippen LogP) is 4.76. The number of benzene rings is 3. The summed E-state index contributed by atoms with van der Waals surface area (Å²) >= 11 is 0. The van der Waals surface area contributed by atoms with E-state index in [9.17, 15) is 4.79 Å². The van der Waals surface area contributed by atoms with E-state index in [0.29, 0.717) is 36.1 Å². The normalized spacial score (nSPS) is 10.4. The molecule has 8 nitrogen and oxygen atoms in total. The van der Waals surface area contributed by atoms with Crippen molar-refractivity contribution in [2.45, 2.75) is 19.8 Å². The molecule has 34 heavy (non-hydrogen) atoms. The van der Waals surface area contributed by atoms with Crippen LogP contribution in [0.4, 0.5) is 10.5 Å². The lowest BCUT2D eigenvalue weighted by molar-refractivity contribution is 0.107. The summed E-state index contributed by atoms with van der Waals surface area (Å²) in [6.45, 7) is 1.15. The standard InChI is InChI=1S/C26H30N2O6/c1-30-22-11-8-18(9-12-22)16-34-17-19-6-5-7-21(14-19)28-26(29)27-15-20-10-13-23(31-2)25(33-4)24(20)32-3/h5-14H,15-17H2,1-4H3,(H2,27,28,29). The van der Waals surface area contributed by atoms with Gasteiger partial charge in [-0.05, 0) is 47.5 Å². The molecular weight excluding hydrogens is 436 g/mol. The number of hydrogen-bond donors (Lipinski definition) is 2. The lowest BCUT2D eigenvalue weighted by Crippen LogP contribution is -2.28. The molecule has 3 aromatic carbocycles. The van der Waals surface area contributed by atoms with Gasteiger partial charge in [-0.15, -0.1) is 0 Å². The Bertz CT molecular complexity index is 1090. The summed E-state index contributed by atoms with van der Waals surface area (Å²) in [5.74, 6) is 2.36. The third kappa shape index (κ3) is 6.55. The number of rotatable bonds is 11. The summed E-state index contributed by atoms with van der Waals surface area (Å²) in [6.07, 6.45) is 0. The summed E-state index contributed by atoms with van der Waals surface area (Å²) < 4.78 is 27.1. The zero-order chi connectivity index (χ0) is 24.3. The molecule has 0 aliphatic heterocycles. The lowest BCUT2D eigenvalue weighted by atomic mass is 10.1. The van der Waals surface area contributed by atoms with Crippen molar-refractivity contribution in [3.63, 3.8) is 0 Å². The molecule has 0 aromatic heterocycles. The van der Waals surface area contributed by atoms with Crippen molar-refractivity contribution in [1.82, 2.24) is 5.32 Å². The maximum Gasteiger partial charge on any atom is 0.319 e. The van der Waals surface area contributed by atoms with Crippen molar-refractivity contribution in [2.24, 2.45) is 0 Å². The van der Waals surface area contributed by atoms with Crippen LogP contribution in [0, 0.1) is 0 Å². The van der Waals surface area contributed by atoms with Crippen LogP contribution in [0.25, 0.3) is 0 Å². The second-order valence-corrected chi connectivity index (χ2v) is 7.34. The van der Waals surface area contributed by atoms with Crippen LogP contribution in [0.2, 0.25) is 0 Å². The first-order chi connectivity index (χ1) is 16.6. The summed E-state index contributed by atoms with van der Waals surface area (Å²) in [6, 6.07) is 18.5. The van der Waals surface area contributed by atoms with Crippen LogP contribution in [-0.4, -0.2) is 34.5 Å². The molecule has 180 valence electrons. The Labute approximate surface area is 199 Å². The molecule has 0 aliphatic carbocycles. The fourth-order valence-corrected chi connectivity index (χ4v) is 3.40. The van der Waals surface area contributed by atoms with Gasteiger partial charge in [-0.25, -0.2) is 4.79 Å². The van der Waals surface area contributed by atoms with Gasteiger partial charge in [-0.1, -0.05) is 24.3 Å². The maximum atomic E-state index is 12.5. The van der Waals surface area contributed by atoms with Gasteiger partial charge in [0.2, 0.25) is 5.75 Å². The van der Waals surface area contributed by atoms with Gasteiger partial charge in [0.05, 0.1) is 41.7 Å². The highest BCUT2D eigenvalue weighted by atomic mass is 16.5. The van der Waals surface area contributed by atoms with Crippen molar-refractivity contribution < 1.29 is 28.5 Å². The van der Waals surface area contributed by atoms with Crippen LogP contribution in [-0.2, 0) is 24.5 Å². The summed E-state index contributed by atoms with van der Waals surface area (Å²) in [7, 11) is 6.28. The van der Waals surface area contributed by atoms with Gasteiger partial charge in [-0.3, -0.25) is 0 Å². The number of carbonyl (C=O) groups excluding carboxylic acids is 1. The number of anilines is 1. The highest BCUT2D eigenvalue weighted by molar-refractivity contribution is 5.89. The van der Waals surface area contributed by atoms with Crippen LogP contribution >= 0.6 is 0 Å². The minimum absolute atomic E-state index is 0.250. The van der Waals surface area contributed by atoms with E-state index < -0.39 is 0 Å².